The van der Waals surface area contributed by atoms with Gasteiger partial charge in [-0.3, -0.25) is 0 Å². The molecular weight excluding hydrogens is 292 g/mol. The van der Waals surface area contributed by atoms with Crippen molar-refractivity contribution in [2.24, 2.45) is 5.92 Å². The second kappa shape index (κ2) is 9.74. The van der Waals surface area contributed by atoms with Crippen molar-refractivity contribution in [3.05, 3.63) is 0 Å². The Morgan fingerprint density at radius 2 is 2.00 bits per heavy atom. The van der Waals surface area contributed by atoms with E-state index in [-0.39, 0.29) is 6.10 Å². The Morgan fingerprint density at radius 1 is 1.29 bits per heavy atom. The molecule has 0 amide bonds. The van der Waals surface area contributed by atoms with Gasteiger partial charge in [-0.25, -0.2) is 13.1 Å². The number of aliphatic hydroxyl groups is 1. The van der Waals surface area contributed by atoms with E-state index in [1.807, 2.05) is 0 Å². The van der Waals surface area contributed by atoms with Crippen LogP contribution in [0.2, 0.25) is 0 Å². The zero-order valence-corrected chi connectivity index (χ0v) is 14.0. The van der Waals surface area contributed by atoms with Gasteiger partial charge in [-0.15, -0.1) is 0 Å². The first-order valence-electron chi connectivity index (χ1n) is 7.87. The summed E-state index contributed by atoms with van der Waals surface area (Å²) in [6, 6.07) is 0. The molecule has 0 saturated heterocycles. The van der Waals surface area contributed by atoms with E-state index in [4.69, 9.17) is 4.74 Å². The third kappa shape index (κ3) is 8.73. The van der Waals surface area contributed by atoms with Gasteiger partial charge >= 0.3 is 0 Å². The van der Waals surface area contributed by atoms with Crippen molar-refractivity contribution in [2.75, 3.05) is 32.5 Å². The molecule has 3 unspecified atom stereocenters. The molecule has 0 aliphatic heterocycles. The summed E-state index contributed by atoms with van der Waals surface area (Å²) in [6.45, 7) is 3.76. The first-order valence-corrected chi connectivity index (χ1v) is 9.76. The number of rotatable bonds is 10. The highest BCUT2D eigenvalue weighted by molar-refractivity contribution is 7.88. The van der Waals surface area contributed by atoms with E-state index in [0.29, 0.717) is 32.2 Å². The molecule has 7 heteroatoms. The fraction of sp³-hybridized carbons (Fsp3) is 1.00. The van der Waals surface area contributed by atoms with Crippen LogP contribution >= 0.6 is 0 Å². The topological polar surface area (TPSA) is 87.7 Å². The van der Waals surface area contributed by atoms with Crippen molar-refractivity contribution in [3.63, 3.8) is 0 Å². The Morgan fingerprint density at radius 3 is 2.67 bits per heavy atom. The summed E-state index contributed by atoms with van der Waals surface area (Å²) in [4.78, 5) is 0. The molecule has 0 aromatic heterocycles. The molecule has 0 spiro atoms. The monoisotopic (exact) mass is 322 g/mol. The van der Waals surface area contributed by atoms with Crippen LogP contribution in [0, 0.1) is 5.92 Å². The predicted molar refractivity (Wildman–Crippen MR) is 83.7 cm³/mol. The zero-order chi connectivity index (χ0) is 15.7. The summed E-state index contributed by atoms with van der Waals surface area (Å²) in [7, 11) is -3.14. The summed E-state index contributed by atoms with van der Waals surface area (Å²) in [5.74, 6) is 0.623. The van der Waals surface area contributed by atoms with E-state index in [0.717, 1.165) is 19.1 Å². The minimum absolute atomic E-state index is 0.283. The number of hydrogen-bond acceptors (Lipinski definition) is 5. The molecule has 0 heterocycles. The van der Waals surface area contributed by atoms with Crippen LogP contribution in [0.4, 0.5) is 0 Å². The molecule has 1 aliphatic carbocycles. The van der Waals surface area contributed by atoms with E-state index in [2.05, 4.69) is 17.0 Å². The van der Waals surface area contributed by atoms with Crippen LogP contribution in [0.15, 0.2) is 0 Å². The molecule has 0 aromatic carbocycles. The normalized spacial score (nSPS) is 24.9. The summed E-state index contributed by atoms with van der Waals surface area (Å²) < 4.78 is 30.0. The Hall–Kier alpha value is -0.210. The average molecular weight is 322 g/mol. The van der Waals surface area contributed by atoms with Crippen molar-refractivity contribution in [1.29, 1.82) is 0 Å². The molecule has 1 fully saturated rings. The molecular formula is C14H30N2O4S. The van der Waals surface area contributed by atoms with Crippen molar-refractivity contribution >= 4 is 10.0 Å². The van der Waals surface area contributed by atoms with Gasteiger partial charge in [0, 0.05) is 19.6 Å². The fourth-order valence-electron chi connectivity index (χ4n) is 2.75. The van der Waals surface area contributed by atoms with E-state index < -0.39 is 16.1 Å². The van der Waals surface area contributed by atoms with Crippen LogP contribution in [0.5, 0.6) is 0 Å². The van der Waals surface area contributed by atoms with Gasteiger partial charge in [0.1, 0.15) is 0 Å². The fourth-order valence-corrected chi connectivity index (χ4v) is 3.22. The highest BCUT2D eigenvalue weighted by Gasteiger charge is 2.24. The zero-order valence-electron chi connectivity index (χ0n) is 13.2. The van der Waals surface area contributed by atoms with Gasteiger partial charge in [0.05, 0.1) is 25.1 Å². The number of hydrogen-bond donors (Lipinski definition) is 3. The summed E-state index contributed by atoms with van der Waals surface area (Å²) >= 11 is 0. The lowest BCUT2D eigenvalue weighted by Crippen LogP contribution is -2.38. The number of nitrogens with one attached hydrogen (secondary N) is 2. The lowest BCUT2D eigenvalue weighted by Gasteiger charge is -2.31. The first-order chi connectivity index (χ1) is 9.92. The van der Waals surface area contributed by atoms with Crippen LogP contribution in [0.3, 0.4) is 0 Å². The van der Waals surface area contributed by atoms with Gasteiger partial charge < -0.3 is 15.2 Å². The second-order valence-electron chi connectivity index (χ2n) is 5.85. The lowest BCUT2D eigenvalue weighted by molar-refractivity contribution is -0.0498. The average Bonchev–Trinajstić information content (AvgIpc) is 2.43. The molecule has 3 atom stereocenters. The SMILES string of the molecule is CCC1CCCCC1OCC(O)CNCCNS(C)(=O)=O. The molecule has 3 N–H and O–H groups in total. The molecule has 0 radical (unpaired) electrons. The number of ether oxygens (including phenoxy) is 1. The van der Waals surface area contributed by atoms with E-state index >= 15 is 0 Å². The molecule has 6 nitrogen and oxygen atoms in total. The van der Waals surface area contributed by atoms with Crippen LogP contribution in [0.25, 0.3) is 0 Å². The Labute approximate surface area is 128 Å². The van der Waals surface area contributed by atoms with Crippen molar-refractivity contribution in [2.45, 2.75) is 51.2 Å². The minimum Gasteiger partial charge on any atom is -0.389 e. The molecule has 1 rings (SSSR count). The lowest BCUT2D eigenvalue weighted by atomic mass is 9.85. The summed E-state index contributed by atoms with van der Waals surface area (Å²) in [5, 5.41) is 12.9. The molecule has 1 saturated carbocycles. The van der Waals surface area contributed by atoms with Gasteiger partial charge in [0.2, 0.25) is 10.0 Å². The van der Waals surface area contributed by atoms with Gasteiger partial charge in [-0.05, 0) is 18.8 Å². The molecule has 1 aliphatic rings. The maximum absolute atomic E-state index is 10.9. The molecule has 21 heavy (non-hydrogen) atoms. The van der Waals surface area contributed by atoms with Crippen LogP contribution < -0.4 is 10.0 Å². The number of sulfonamides is 1. The maximum atomic E-state index is 10.9. The Bertz CT molecular complexity index is 375. The van der Waals surface area contributed by atoms with Gasteiger partial charge in [0.15, 0.2) is 0 Å². The highest BCUT2D eigenvalue weighted by atomic mass is 32.2. The molecule has 0 bridgehead atoms. The largest absolute Gasteiger partial charge is 0.389 e. The van der Waals surface area contributed by atoms with E-state index in [1.54, 1.807) is 0 Å². The quantitative estimate of drug-likeness (QED) is 0.509. The van der Waals surface area contributed by atoms with Crippen LogP contribution in [0.1, 0.15) is 39.0 Å². The highest BCUT2D eigenvalue weighted by Crippen LogP contribution is 2.29. The third-order valence-electron chi connectivity index (χ3n) is 3.91. The van der Waals surface area contributed by atoms with Gasteiger partial charge in [-0.2, -0.15) is 0 Å². The minimum atomic E-state index is -3.14. The third-order valence-corrected chi connectivity index (χ3v) is 4.64. The Kier molecular flexibility index (Phi) is 8.73. The van der Waals surface area contributed by atoms with Crippen molar-refractivity contribution < 1.29 is 18.3 Å². The smallest absolute Gasteiger partial charge is 0.208 e. The summed E-state index contributed by atoms with van der Waals surface area (Å²) in [5.41, 5.74) is 0. The Balaban J connectivity index is 2.09. The predicted octanol–water partition coefficient (Wildman–Crippen LogP) is 0.472. The van der Waals surface area contributed by atoms with Crippen molar-refractivity contribution in [1.82, 2.24) is 10.0 Å². The van der Waals surface area contributed by atoms with Gasteiger partial charge in [0.25, 0.3) is 0 Å². The maximum Gasteiger partial charge on any atom is 0.208 e. The standard InChI is InChI=1S/C14H30N2O4S/c1-3-12-6-4-5-7-14(12)20-11-13(17)10-15-8-9-16-21(2,18)19/h12-17H,3-11H2,1-2H3. The number of aliphatic hydroxyl groups excluding tert-OH is 1. The molecule has 126 valence electrons. The van der Waals surface area contributed by atoms with Crippen molar-refractivity contribution in [3.8, 4) is 0 Å². The summed E-state index contributed by atoms with van der Waals surface area (Å²) in [6.07, 6.45) is 6.82. The second-order valence-corrected chi connectivity index (χ2v) is 7.68. The van der Waals surface area contributed by atoms with E-state index in [9.17, 15) is 13.5 Å². The van der Waals surface area contributed by atoms with Crippen LogP contribution in [-0.4, -0.2) is 58.2 Å². The molecule has 0 aromatic rings. The first kappa shape index (κ1) is 18.8. The van der Waals surface area contributed by atoms with E-state index in [1.165, 1.54) is 19.3 Å². The van der Waals surface area contributed by atoms with Crippen LogP contribution in [-0.2, 0) is 14.8 Å². The van der Waals surface area contributed by atoms with Gasteiger partial charge in [-0.1, -0.05) is 26.2 Å².